The van der Waals surface area contributed by atoms with E-state index in [0.29, 0.717) is 23.0 Å². The fourth-order valence-corrected chi connectivity index (χ4v) is 2.55. The van der Waals surface area contributed by atoms with E-state index >= 15 is 0 Å². The van der Waals surface area contributed by atoms with Crippen LogP contribution in [0, 0.1) is 18.6 Å². The van der Waals surface area contributed by atoms with Crippen molar-refractivity contribution in [3.05, 3.63) is 83.1 Å². The van der Waals surface area contributed by atoms with Gasteiger partial charge in [0.05, 0.1) is 22.5 Å². The van der Waals surface area contributed by atoms with Crippen LogP contribution in [0.25, 0.3) is 11.3 Å². The summed E-state index contributed by atoms with van der Waals surface area (Å²) < 4.78 is 65.2. The number of hydrogen-bond acceptors (Lipinski definition) is 2. The number of hydrogen-bond donors (Lipinski definition) is 1. The van der Waals surface area contributed by atoms with E-state index in [0.717, 1.165) is 6.07 Å². The van der Waals surface area contributed by atoms with Crippen LogP contribution in [-0.4, -0.2) is 10.9 Å². The van der Waals surface area contributed by atoms with Gasteiger partial charge in [-0.05, 0) is 61.5 Å². The second kappa shape index (κ2) is 7.38. The van der Waals surface area contributed by atoms with Crippen LogP contribution in [0.5, 0.6) is 0 Å². The lowest BCUT2D eigenvalue weighted by Gasteiger charge is -2.13. The quantitative estimate of drug-likeness (QED) is 0.589. The van der Waals surface area contributed by atoms with Crippen molar-refractivity contribution in [2.24, 2.45) is 0 Å². The Morgan fingerprint density at radius 2 is 1.64 bits per heavy atom. The summed E-state index contributed by atoms with van der Waals surface area (Å²) in [5, 5.41) is 2.45. The third-order valence-electron chi connectivity index (χ3n) is 3.94. The Bertz CT molecular complexity index is 1030. The molecule has 0 aliphatic rings. The molecule has 0 unspecified atom stereocenters. The standard InChI is InChI=1S/C20H13F5N2O/c1-11-2-9-17(18(26-11)12-3-6-14(21)7-4-12)27-19(28)15-8-5-13(10-16(15)22)20(23,24)25/h2-10H,1H3,(H,27,28). The number of benzene rings is 2. The molecule has 0 radical (unpaired) electrons. The zero-order chi connectivity index (χ0) is 20.5. The predicted octanol–water partition coefficient (Wildman–Crippen LogP) is 5.61. The number of carbonyl (C=O) groups is 1. The van der Waals surface area contributed by atoms with Crippen molar-refractivity contribution < 1.29 is 26.7 Å². The van der Waals surface area contributed by atoms with E-state index in [2.05, 4.69) is 10.3 Å². The molecule has 8 heteroatoms. The number of amides is 1. The number of anilines is 1. The topological polar surface area (TPSA) is 42.0 Å². The average molecular weight is 392 g/mol. The predicted molar refractivity (Wildman–Crippen MR) is 93.7 cm³/mol. The van der Waals surface area contributed by atoms with Crippen LogP contribution >= 0.6 is 0 Å². The summed E-state index contributed by atoms with van der Waals surface area (Å²) in [7, 11) is 0. The molecule has 3 nitrogen and oxygen atoms in total. The molecule has 0 aliphatic carbocycles. The molecule has 0 atom stereocenters. The summed E-state index contributed by atoms with van der Waals surface area (Å²) in [6.07, 6.45) is -4.72. The molecule has 1 amide bonds. The molecule has 0 saturated carbocycles. The van der Waals surface area contributed by atoms with Crippen molar-refractivity contribution >= 4 is 11.6 Å². The number of halogens is 5. The maximum atomic E-state index is 14.0. The number of carbonyl (C=O) groups excluding carboxylic acids is 1. The van der Waals surface area contributed by atoms with Gasteiger partial charge in [-0.2, -0.15) is 13.2 Å². The first-order valence-corrected chi connectivity index (χ1v) is 8.07. The van der Waals surface area contributed by atoms with Gasteiger partial charge in [-0.3, -0.25) is 9.78 Å². The monoisotopic (exact) mass is 392 g/mol. The number of alkyl halides is 3. The Morgan fingerprint density at radius 3 is 2.25 bits per heavy atom. The summed E-state index contributed by atoms with van der Waals surface area (Å²) in [6, 6.07) is 10.2. The minimum Gasteiger partial charge on any atom is -0.320 e. The second-order valence-corrected chi connectivity index (χ2v) is 6.00. The van der Waals surface area contributed by atoms with Gasteiger partial charge >= 0.3 is 6.18 Å². The molecule has 144 valence electrons. The van der Waals surface area contributed by atoms with E-state index in [1.807, 2.05) is 0 Å². The molecule has 0 saturated heterocycles. The molecule has 0 fully saturated rings. The molecule has 0 bridgehead atoms. The van der Waals surface area contributed by atoms with Crippen LogP contribution in [0.2, 0.25) is 0 Å². The van der Waals surface area contributed by atoms with E-state index in [1.165, 1.54) is 30.3 Å². The van der Waals surface area contributed by atoms with E-state index < -0.39 is 34.8 Å². The van der Waals surface area contributed by atoms with Crippen LogP contribution in [0.1, 0.15) is 21.6 Å². The largest absolute Gasteiger partial charge is 0.416 e. The maximum absolute atomic E-state index is 14.0. The van der Waals surface area contributed by atoms with Crippen molar-refractivity contribution in [1.29, 1.82) is 0 Å². The number of aryl methyl sites for hydroxylation is 1. The van der Waals surface area contributed by atoms with Gasteiger partial charge < -0.3 is 5.32 Å². The fraction of sp³-hybridized carbons (Fsp3) is 0.100. The fourth-order valence-electron chi connectivity index (χ4n) is 2.55. The Kier molecular flexibility index (Phi) is 5.13. The summed E-state index contributed by atoms with van der Waals surface area (Å²) in [5.74, 6) is -2.68. The zero-order valence-corrected chi connectivity index (χ0v) is 14.4. The lowest BCUT2D eigenvalue weighted by molar-refractivity contribution is -0.137. The van der Waals surface area contributed by atoms with Crippen molar-refractivity contribution in [2.75, 3.05) is 5.32 Å². The van der Waals surface area contributed by atoms with Gasteiger partial charge in [0.15, 0.2) is 0 Å². The Hall–Kier alpha value is -3.29. The van der Waals surface area contributed by atoms with Gasteiger partial charge in [0.25, 0.3) is 5.91 Å². The van der Waals surface area contributed by atoms with Crippen molar-refractivity contribution in [3.8, 4) is 11.3 Å². The minimum absolute atomic E-state index is 0.210. The zero-order valence-electron chi connectivity index (χ0n) is 14.4. The number of pyridine rings is 1. The first-order valence-electron chi connectivity index (χ1n) is 8.07. The summed E-state index contributed by atoms with van der Waals surface area (Å²) in [5.41, 5.74) is -0.0716. The number of nitrogens with zero attached hydrogens (tertiary/aromatic N) is 1. The molecular weight excluding hydrogens is 379 g/mol. The molecular formula is C20H13F5N2O. The third kappa shape index (κ3) is 4.16. The van der Waals surface area contributed by atoms with Gasteiger partial charge in [0.1, 0.15) is 11.6 Å². The Morgan fingerprint density at radius 1 is 0.964 bits per heavy atom. The van der Waals surface area contributed by atoms with Crippen LogP contribution < -0.4 is 5.32 Å². The lowest BCUT2D eigenvalue weighted by Crippen LogP contribution is -2.16. The van der Waals surface area contributed by atoms with Crippen molar-refractivity contribution in [3.63, 3.8) is 0 Å². The van der Waals surface area contributed by atoms with E-state index in [-0.39, 0.29) is 11.8 Å². The molecule has 1 heterocycles. The first kappa shape index (κ1) is 19.5. The number of rotatable bonds is 3. The van der Waals surface area contributed by atoms with Gasteiger partial charge in [-0.15, -0.1) is 0 Å². The molecule has 3 rings (SSSR count). The summed E-state index contributed by atoms with van der Waals surface area (Å²) >= 11 is 0. The molecule has 1 N–H and O–H groups in total. The molecule has 3 aromatic rings. The summed E-state index contributed by atoms with van der Waals surface area (Å²) in [4.78, 5) is 16.7. The van der Waals surface area contributed by atoms with Gasteiger partial charge in [0.2, 0.25) is 0 Å². The SMILES string of the molecule is Cc1ccc(NC(=O)c2ccc(C(F)(F)F)cc2F)c(-c2ccc(F)cc2)n1. The van der Waals surface area contributed by atoms with Gasteiger partial charge in [-0.25, -0.2) is 8.78 Å². The molecule has 1 aromatic heterocycles. The highest BCUT2D eigenvalue weighted by Gasteiger charge is 2.31. The number of aromatic nitrogens is 1. The van der Waals surface area contributed by atoms with Crippen LogP contribution in [0.3, 0.4) is 0 Å². The average Bonchev–Trinajstić information content (AvgIpc) is 2.63. The third-order valence-corrected chi connectivity index (χ3v) is 3.94. The Labute approximate surface area is 156 Å². The van der Waals surface area contributed by atoms with Crippen molar-refractivity contribution in [1.82, 2.24) is 4.98 Å². The Balaban J connectivity index is 1.94. The minimum atomic E-state index is -4.72. The molecule has 28 heavy (non-hydrogen) atoms. The van der Waals surface area contributed by atoms with Crippen molar-refractivity contribution in [2.45, 2.75) is 13.1 Å². The van der Waals surface area contributed by atoms with Crippen LogP contribution in [0.4, 0.5) is 27.6 Å². The smallest absolute Gasteiger partial charge is 0.320 e. The summed E-state index contributed by atoms with van der Waals surface area (Å²) in [6.45, 7) is 1.72. The van der Waals surface area contributed by atoms with E-state index in [4.69, 9.17) is 0 Å². The lowest BCUT2D eigenvalue weighted by atomic mass is 10.1. The highest BCUT2D eigenvalue weighted by molar-refractivity contribution is 6.06. The van der Waals surface area contributed by atoms with Crippen LogP contribution in [0.15, 0.2) is 54.6 Å². The highest BCUT2D eigenvalue weighted by atomic mass is 19.4. The highest BCUT2D eigenvalue weighted by Crippen LogP contribution is 2.31. The van der Waals surface area contributed by atoms with E-state index in [1.54, 1.807) is 13.0 Å². The van der Waals surface area contributed by atoms with Gasteiger partial charge in [0, 0.05) is 11.3 Å². The molecule has 0 aliphatic heterocycles. The van der Waals surface area contributed by atoms with Crippen LogP contribution in [-0.2, 0) is 6.18 Å². The molecule has 0 spiro atoms. The number of nitrogens with one attached hydrogen (secondary N) is 1. The first-order chi connectivity index (χ1) is 13.1. The molecule has 2 aromatic carbocycles. The second-order valence-electron chi connectivity index (χ2n) is 6.00. The van der Waals surface area contributed by atoms with E-state index in [9.17, 15) is 26.7 Å². The normalized spacial score (nSPS) is 11.4. The maximum Gasteiger partial charge on any atom is 0.416 e. The van der Waals surface area contributed by atoms with Gasteiger partial charge in [-0.1, -0.05) is 0 Å².